The molecule has 0 spiro atoms. The molecule has 162 valence electrons. The summed E-state index contributed by atoms with van der Waals surface area (Å²) in [6, 6.07) is 3.15. The van der Waals surface area contributed by atoms with Crippen LogP contribution < -0.4 is 14.0 Å². The third-order valence-corrected chi connectivity index (χ3v) is 5.76. The molecule has 1 aromatic heterocycles. The molecule has 10 nitrogen and oxygen atoms in total. The summed E-state index contributed by atoms with van der Waals surface area (Å²) in [6.45, 7) is 4.80. The van der Waals surface area contributed by atoms with Gasteiger partial charge in [-0.2, -0.15) is 4.57 Å². The lowest BCUT2D eigenvalue weighted by molar-refractivity contribution is -0.676. The van der Waals surface area contributed by atoms with Gasteiger partial charge in [0.05, 0.1) is 20.3 Å². The summed E-state index contributed by atoms with van der Waals surface area (Å²) in [5, 5.41) is 0. The number of nitrogens with zero attached hydrogens (tertiary/aromatic N) is 5. The Morgan fingerprint density at radius 1 is 1.23 bits per heavy atom. The molecule has 0 aliphatic carbocycles. The molecule has 3 amide bonds. The molecule has 31 heavy (non-hydrogen) atoms. The molecule has 2 unspecified atom stereocenters. The number of methoxy groups -OCH3 is 2. The first-order valence-electron chi connectivity index (χ1n) is 9.77. The quantitative estimate of drug-likeness (QED) is 0.676. The van der Waals surface area contributed by atoms with Crippen LogP contribution in [0.1, 0.15) is 25.6 Å². The molecule has 2 aromatic rings. The van der Waals surface area contributed by atoms with E-state index in [2.05, 4.69) is 4.99 Å². The summed E-state index contributed by atoms with van der Waals surface area (Å²) >= 11 is 0. The van der Waals surface area contributed by atoms with Crippen LogP contribution in [0.3, 0.4) is 0 Å². The second-order valence-corrected chi connectivity index (χ2v) is 7.56. The number of carbonyl (C=O) groups is 3. The lowest BCUT2D eigenvalue weighted by atomic mass is 10.1. The third-order valence-electron chi connectivity index (χ3n) is 5.76. The van der Waals surface area contributed by atoms with Crippen LogP contribution in [0.25, 0.3) is 5.69 Å². The number of aliphatic imine (C=N–C) groups is 1. The zero-order chi connectivity index (χ0) is 22.6. The Morgan fingerprint density at radius 3 is 2.55 bits per heavy atom. The molecule has 1 fully saturated rings. The summed E-state index contributed by atoms with van der Waals surface area (Å²) in [5.41, 5.74) is 1.53. The third kappa shape index (κ3) is 2.89. The summed E-state index contributed by atoms with van der Waals surface area (Å²) < 4.78 is 14.4. The standard InChI is InChI=1S/C21H24N5O5/c1-11-10-24-17-18(23(4)21(29)26(19(17)28)12(2)13(3)27)22-20(24)25(11)15-8-7-14(30-5)9-16(15)31-6/h7-10,12,17H,1-6H3/q+1. The van der Waals surface area contributed by atoms with Crippen molar-refractivity contribution < 1.29 is 28.4 Å². The van der Waals surface area contributed by atoms with Crippen molar-refractivity contribution in [3.05, 3.63) is 30.1 Å². The monoisotopic (exact) mass is 426 g/mol. The molecule has 0 radical (unpaired) electrons. The minimum absolute atomic E-state index is 0.268. The second-order valence-electron chi connectivity index (χ2n) is 7.56. The molecule has 4 rings (SSSR count). The lowest BCUT2D eigenvalue weighted by Gasteiger charge is -2.35. The maximum atomic E-state index is 13.3. The van der Waals surface area contributed by atoms with Gasteiger partial charge in [0.15, 0.2) is 11.5 Å². The van der Waals surface area contributed by atoms with Crippen molar-refractivity contribution in [2.45, 2.75) is 32.9 Å². The highest BCUT2D eigenvalue weighted by Gasteiger charge is 2.54. The van der Waals surface area contributed by atoms with Gasteiger partial charge in [-0.15, -0.1) is 0 Å². The predicted octanol–water partition coefficient (Wildman–Crippen LogP) is 1.55. The number of ether oxygens (including phenoxy) is 2. The number of hydrogen-bond donors (Lipinski definition) is 0. The van der Waals surface area contributed by atoms with E-state index in [9.17, 15) is 14.4 Å². The number of hydrogen-bond acceptors (Lipinski definition) is 6. The first-order chi connectivity index (χ1) is 14.7. The maximum absolute atomic E-state index is 13.3. The summed E-state index contributed by atoms with van der Waals surface area (Å²) in [4.78, 5) is 45.0. The SMILES string of the molecule is COc1ccc(-n2c(C)c[n+]3c2N=C2C3C(=O)N(C(C)C(C)=O)C(=O)N2C)c(OC)c1. The van der Waals surface area contributed by atoms with E-state index in [1.54, 1.807) is 51.1 Å². The van der Waals surface area contributed by atoms with Gasteiger partial charge in [0.2, 0.25) is 11.9 Å². The summed E-state index contributed by atoms with van der Waals surface area (Å²) in [7, 11) is 4.69. The number of carbonyl (C=O) groups excluding carboxylic acids is 3. The number of rotatable bonds is 5. The number of amides is 3. The molecule has 0 saturated carbocycles. The van der Waals surface area contributed by atoms with Crippen molar-refractivity contribution in [3.63, 3.8) is 0 Å². The van der Waals surface area contributed by atoms with Crippen molar-refractivity contribution in [2.75, 3.05) is 21.3 Å². The second kappa shape index (κ2) is 7.22. The largest absolute Gasteiger partial charge is 0.497 e. The van der Waals surface area contributed by atoms with E-state index < -0.39 is 24.0 Å². The molecule has 2 aliphatic rings. The van der Waals surface area contributed by atoms with Gasteiger partial charge in [0, 0.05) is 13.1 Å². The first kappa shape index (κ1) is 20.6. The average Bonchev–Trinajstić information content (AvgIpc) is 3.26. The number of imide groups is 1. The van der Waals surface area contributed by atoms with Gasteiger partial charge in [-0.3, -0.25) is 14.5 Å². The number of aryl methyl sites for hydroxylation is 1. The Morgan fingerprint density at radius 2 is 1.94 bits per heavy atom. The highest BCUT2D eigenvalue weighted by molar-refractivity contribution is 6.20. The van der Waals surface area contributed by atoms with Gasteiger partial charge in [0.1, 0.15) is 23.3 Å². The highest BCUT2D eigenvalue weighted by atomic mass is 16.5. The number of amidine groups is 1. The van der Waals surface area contributed by atoms with Crippen LogP contribution in [0.15, 0.2) is 29.4 Å². The number of likely N-dealkylation sites (N-methyl/N-ethyl adjacent to an activating group) is 1. The van der Waals surface area contributed by atoms with Crippen molar-refractivity contribution >= 4 is 29.5 Å². The van der Waals surface area contributed by atoms with Crippen molar-refractivity contribution in [1.82, 2.24) is 14.4 Å². The number of urea groups is 1. The van der Waals surface area contributed by atoms with Crippen LogP contribution in [-0.4, -0.2) is 65.2 Å². The Bertz CT molecular complexity index is 1150. The zero-order valence-electron chi connectivity index (χ0n) is 18.2. The lowest BCUT2D eigenvalue weighted by Crippen LogP contribution is -2.65. The molecule has 2 atom stereocenters. The highest BCUT2D eigenvalue weighted by Crippen LogP contribution is 2.35. The van der Waals surface area contributed by atoms with Gasteiger partial charge < -0.3 is 9.47 Å². The predicted molar refractivity (Wildman–Crippen MR) is 110 cm³/mol. The zero-order valence-corrected chi connectivity index (χ0v) is 18.2. The Labute approximate surface area is 179 Å². The van der Waals surface area contributed by atoms with E-state index in [1.165, 1.54) is 11.8 Å². The number of fused-ring (bicyclic) bond motifs is 3. The van der Waals surface area contributed by atoms with Gasteiger partial charge in [-0.25, -0.2) is 14.3 Å². The summed E-state index contributed by atoms with van der Waals surface area (Å²) in [6.07, 6.45) is 1.80. The average molecular weight is 426 g/mol. The van der Waals surface area contributed by atoms with E-state index in [1.807, 2.05) is 17.6 Å². The number of benzene rings is 1. The van der Waals surface area contributed by atoms with E-state index in [-0.39, 0.29) is 5.78 Å². The fourth-order valence-electron chi connectivity index (χ4n) is 3.95. The number of aromatic nitrogens is 2. The van der Waals surface area contributed by atoms with Crippen LogP contribution in [0.4, 0.5) is 10.7 Å². The molecule has 0 N–H and O–H groups in total. The van der Waals surface area contributed by atoms with Gasteiger partial charge >= 0.3 is 12.0 Å². The van der Waals surface area contributed by atoms with Crippen molar-refractivity contribution in [1.29, 1.82) is 0 Å². The van der Waals surface area contributed by atoms with Crippen LogP contribution >= 0.6 is 0 Å². The van der Waals surface area contributed by atoms with Crippen LogP contribution in [-0.2, 0) is 9.59 Å². The Kier molecular flexibility index (Phi) is 4.79. The Hall–Kier alpha value is -3.69. The van der Waals surface area contributed by atoms with Gasteiger partial charge in [-0.1, -0.05) is 4.99 Å². The fraction of sp³-hybridized carbons (Fsp3) is 0.381. The minimum Gasteiger partial charge on any atom is -0.497 e. The molecule has 1 saturated heterocycles. The smallest absolute Gasteiger partial charge is 0.407 e. The molecular formula is C21H24N5O5+. The molecule has 1 aromatic carbocycles. The van der Waals surface area contributed by atoms with Crippen molar-refractivity contribution in [3.8, 4) is 17.2 Å². The van der Waals surface area contributed by atoms with E-state index in [0.29, 0.717) is 29.0 Å². The molecular weight excluding hydrogens is 402 g/mol. The van der Waals surface area contributed by atoms with E-state index in [4.69, 9.17) is 9.47 Å². The maximum Gasteiger partial charge on any atom is 0.407 e. The number of Topliss-reactive ketones (excluding diaryl/α,β-unsaturated/α-hetero) is 1. The van der Waals surface area contributed by atoms with Crippen LogP contribution in [0, 0.1) is 6.92 Å². The van der Waals surface area contributed by atoms with Gasteiger partial charge in [-0.05, 0) is 32.9 Å². The van der Waals surface area contributed by atoms with E-state index in [0.717, 1.165) is 10.6 Å². The van der Waals surface area contributed by atoms with Crippen molar-refractivity contribution in [2.24, 2.45) is 4.99 Å². The molecule has 3 heterocycles. The normalized spacial score (nSPS) is 18.5. The van der Waals surface area contributed by atoms with Crippen LogP contribution in [0.2, 0.25) is 0 Å². The molecule has 10 heteroatoms. The number of imidazole rings is 1. The van der Waals surface area contributed by atoms with Gasteiger partial charge in [0.25, 0.3) is 5.91 Å². The summed E-state index contributed by atoms with van der Waals surface area (Å²) in [5.74, 6) is 1.26. The Balaban J connectivity index is 1.87. The molecule has 0 bridgehead atoms. The fourth-order valence-corrected chi connectivity index (χ4v) is 3.95. The molecule has 2 aliphatic heterocycles. The van der Waals surface area contributed by atoms with Crippen LogP contribution in [0.5, 0.6) is 11.5 Å². The van der Waals surface area contributed by atoms with E-state index >= 15 is 0 Å². The first-order valence-corrected chi connectivity index (χ1v) is 9.77. The topological polar surface area (TPSA) is 97.3 Å². The number of ketones is 1. The minimum atomic E-state index is -0.862.